The highest BCUT2D eigenvalue weighted by atomic mass is 16.3. The highest BCUT2D eigenvalue weighted by molar-refractivity contribution is 5.80. The summed E-state index contributed by atoms with van der Waals surface area (Å²) >= 11 is 0. The van der Waals surface area contributed by atoms with Crippen molar-refractivity contribution < 1.29 is 20.1 Å². The third-order valence-corrected chi connectivity index (χ3v) is 8.21. The van der Waals surface area contributed by atoms with Crippen molar-refractivity contribution in [2.24, 2.45) is 0 Å². The maximum absolute atomic E-state index is 12.4. The Balaban J connectivity index is 3.77. The summed E-state index contributed by atoms with van der Waals surface area (Å²) in [6, 6.07) is -0.816. The summed E-state index contributed by atoms with van der Waals surface area (Å²) in [6.07, 6.45) is 40.2. The summed E-state index contributed by atoms with van der Waals surface area (Å²) in [5.74, 6) is -0.519. The molecule has 0 aromatic heterocycles. The van der Waals surface area contributed by atoms with Gasteiger partial charge in [-0.25, -0.2) is 0 Å². The number of unbranched alkanes of at least 4 members (excludes halogenated alkanes) is 20. The van der Waals surface area contributed by atoms with Gasteiger partial charge in [0.1, 0.15) is 6.10 Å². The van der Waals surface area contributed by atoms with Crippen LogP contribution in [-0.2, 0) is 4.79 Å². The second kappa shape index (κ2) is 33.5. The molecule has 43 heavy (non-hydrogen) atoms. The number of hydrogen-bond acceptors (Lipinski definition) is 4. The largest absolute Gasteiger partial charge is 0.394 e. The Hall–Kier alpha value is -1.43. The summed E-state index contributed by atoms with van der Waals surface area (Å²) in [7, 11) is 0. The minimum absolute atomic E-state index is 0.380. The monoisotopic (exact) mass is 606 g/mol. The molecular formula is C38H71NO4. The van der Waals surface area contributed by atoms with Crippen LogP contribution >= 0.6 is 0 Å². The first kappa shape index (κ1) is 41.6. The summed E-state index contributed by atoms with van der Waals surface area (Å²) in [5.41, 5.74) is 0. The van der Waals surface area contributed by atoms with Gasteiger partial charge in [-0.1, -0.05) is 172 Å². The lowest BCUT2D eigenvalue weighted by Crippen LogP contribution is -2.48. The maximum atomic E-state index is 12.4. The van der Waals surface area contributed by atoms with Gasteiger partial charge < -0.3 is 20.6 Å². The lowest BCUT2D eigenvalue weighted by molar-refractivity contribution is -0.131. The van der Waals surface area contributed by atoms with E-state index in [1.165, 1.54) is 109 Å². The number of aliphatic hydroxyl groups is 3. The molecule has 0 radical (unpaired) electrons. The zero-order valence-corrected chi connectivity index (χ0v) is 28.3. The van der Waals surface area contributed by atoms with Gasteiger partial charge in [0.05, 0.1) is 18.8 Å². The number of aliphatic hydroxyl groups excluding tert-OH is 3. The number of rotatable bonds is 32. The first-order valence-electron chi connectivity index (χ1n) is 18.3. The standard InChI is InChI=1S/C38H71NO4/c1-3-5-7-9-11-13-15-17-18-19-20-21-23-25-27-29-31-33-37(42)38(43)39-35(34-40)36(41)32-30-28-26-24-22-16-14-12-10-8-6-4-2/h10,12,22,24,30,32,35-37,40-42H,3-9,11,13-21,23,25-29,31,33-34H2,1-2H3,(H,39,43)/b12-10+,24-22+,32-30+. The lowest BCUT2D eigenvalue weighted by atomic mass is 10.0. The van der Waals surface area contributed by atoms with Gasteiger partial charge in [-0.05, 0) is 38.5 Å². The number of hydrogen-bond donors (Lipinski definition) is 4. The van der Waals surface area contributed by atoms with Crippen LogP contribution in [0.25, 0.3) is 0 Å². The Bertz CT molecular complexity index is 675. The van der Waals surface area contributed by atoms with Crippen molar-refractivity contribution >= 4 is 5.91 Å². The maximum Gasteiger partial charge on any atom is 0.249 e. The molecule has 0 fully saturated rings. The second-order valence-electron chi connectivity index (χ2n) is 12.4. The van der Waals surface area contributed by atoms with Gasteiger partial charge in [0, 0.05) is 0 Å². The predicted octanol–water partition coefficient (Wildman–Crippen LogP) is 9.65. The molecule has 0 saturated carbocycles. The van der Waals surface area contributed by atoms with E-state index < -0.39 is 24.2 Å². The molecule has 0 rings (SSSR count). The second-order valence-corrected chi connectivity index (χ2v) is 12.4. The fourth-order valence-electron chi connectivity index (χ4n) is 5.26. The van der Waals surface area contributed by atoms with E-state index in [0.29, 0.717) is 6.42 Å². The molecule has 5 nitrogen and oxygen atoms in total. The molecule has 5 heteroatoms. The van der Waals surface area contributed by atoms with Crippen LogP contribution in [0.2, 0.25) is 0 Å². The van der Waals surface area contributed by atoms with Gasteiger partial charge >= 0.3 is 0 Å². The molecule has 0 saturated heterocycles. The molecule has 0 aromatic rings. The van der Waals surface area contributed by atoms with Gasteiger partial charge in [0.15, 0.2) is 0 Å². The van der Waals surface area contributed by atoms with Gasteiger partial charge in [-0.3, -0.25) is 4.79 Å². The van der Waals surface area contributed by atoms with Crippen LogP contribution in [0.3, 0.4) is 0 Å². The molecule has 0 spiro atoms. The van der Waals surface area contributed by atoms with Crippen molar-refractivity contribution in [1.82, 2.24) is 5.32 Å². The van der Waals surface area contributed by atoms with Crippen LogP contribution < -0.4 is 5.32 Å². The third kappa shape index (κ3) is 29.1. The third-order valence-electron chi connectivity index (χ3n) is 8.21. The fourth-order valence-corrected chi connectivity index (χ4v) is 5.26. The molecule has 3 unspecified atom stereocenters. The van der Waals surface area contributed by atoms with Crippen molar-refractivity contribution in [1.29, 1.82) is 0 Å². The topological polar surface area (TPSA) is 89.8 Å². The number of nitrogens with one attached hydrogen (secondary N) is 1. The summed E-state index contributed by atoms with van der Waals surface area (Å²) in [6.45, 7) is 4.10. The normalized spacial score (nSPS) is 14.3. The number of amides is 1. The van der Waals surface area contributed by atoms with E-state index in [4.69, 9.17) is 0 Å². The Labute approximate surface area is 266 Å². The van der Waals surface area contributed by atoms with Crippen molar-refractivity contribution in [3.05, 3.63) is 36.5 Å². The highest BCUT2D eigenvalue weighted by Crippen LogP contribution is 2.15. The SMILES string of the molecule is CCCC/C=C/CC/C=C/CC/C=C/C(O)C(CO)NC(=O)C(O)CCCCCCCCCCCCCCCCCCC. The number of carbonyl (C=O) groups is 1. The first-order chi connectivity index (χ1) is 21.1. The van der Waals surface area contributed by atoms with E-state index in [2.05, 4.69) is 43.5 Å². The molecule has 4 N–H and O–H groups in total. The van der Waals surface area contributed by atoms with E-state index in [1.54, 1.807) is 6.08 Å². The van der Waals surface area contributed by atoms with Crippen molar-refractivity contribution in [2.75, 3.05) is 6.61 Å². The molecule has 3 atom stereocenters. The van der Waals surface area contributed by atoms with Crippen LogP contribution in [0.1, 0.15) is 174 Å². The molecule has 0 aliphatic rings. The fraction of sp³-hybridized carbons (Fsp3) is 0.816. The summed E-state index contributed by atoms with van der Waals surface area (Å²) < 4.78 is 0. The van der Waals surface area contributed by atoms with E-state index >= 15 is 0 Å². The lowest BCUT2D eigenvalue weighted by Gasteiger charge is -2.21. The average Bonchev–Trinajstić information content (AvgIpc) is 3.01. The van der Waals surface area contributed by atoms with Gasteiger partial charge in [-0.15, -0.1) is 0 Å². The molecule has 1 amide bonds. The zero-order valence-electron chi connectivity index (χ0n) is 28.3. The van der Waals surface area contributed by atoms with Crippen LogP contribution in [0, 0.1) is 0 Å². The van der Waals surface area contributed by atoms with E-state index in [-0.39, 0.29) is 6.61 Å². The Morgan fingerprint density at radius 3 is 1.40 bits per heavy atom. The van der Waals surface area contributed by atoms with Crippen molar-refractivity contribution in [2.45, 2.75) is 193 Å². The molecule has 0 heterocycles. The molecule has 0 aliphatic carbocycles. The first-order valence-corrected chi connectivity index (χ1v) is 18.3. The van der Waals surface area contributed by atoms with Gasteiger partial charge in [0.25, 0.3) is 0 Å². The van der Waals surface area contributed by atoms with E-state index in [1.807, 2.05) is 6.08 Å². The van der Waals surface area contributed by atoms with Crippen molar-refractivity contribution in [3.63, 3.8) is 0 Å². The van der Waals surface area contributed by atoms with Crippen LogP contribution in [0.4, 0.5) is 0 Å². The Morgan fingerprint density at radius 1 is 0.558 bits per heavy atom. The minimum atomic E-state index is -1.10. The van der Waals surface area contributed by atoms with Crippen molar-refractivity contribution in [3.8, 4) is 0 Å². The van der Waals surface area contributed by atoms with Crippen LogP contribution in [-0.4, -0.2) is 46.1 Å². The minimum Gasteiger partial charge on any atom is -0.394 e. The van der Waals surface area contributed by atoms with Crippen LogP contribution in [0.5, 0.6) is 0 Å². The smallest absolute Gasteiger partial charge is 0.249 e. The summed E-state index contributed by atoms with van der Waals surface area (Å²) in [4.78, 5) is 12.4. The Kier molecular flexibility index (Phi) is 32.3. The molecule has 0 bridgehead atoms. The molecule has 0 aromatic carbocycles. The predicted molar refractivity (Wildman–Crippen MR) is 185 cm³/mol. The van der Waals surface area contributed by atoms with Crippen LogP contribution in [0.15, 0.2) is 36.5 Å². The molecule has 252 valence electrons. The quantitative estimate of drug-likeness (QED) is 0.0454. The number of allylic oxidation sites excluding steroid dienone is 5. The van der Waals surface area contributed by atoms with Gasteiger partial charge in [-0.2, -0.15) is 0 Å². The van der Waals surface area contributed by atoms with Gasteiger partial charge in [0.2, 0.25) is 5.91 Å². The van der Waals surface area contributed by atoms with E-state index in [9.17, 15) is 20.1 Å². The molecular weight excluding hydrogens is 534 g/mol. The summed E-state index contributed by atoms with van der Waals surface area (Å²) in [5, 5.41) is 32.9. The average molecular weight is 606 g/mol. The zero-order chi connectivity index (χ0) is 31.6. The highest BCUT2D eigenvalue weighted by Gasteiger charge is 2.22. The molecule has 0 aliphatic heterocycles. The Morgan fingerprint density at radius 2 is 0.953 bits per heavy atom. The number of carbonyl (C=O) groups excluding carboxylic acids is 1. The van der Waals surface area contributed by atoms with E-state index in [0.717, 1.165) is 44.9 Å².